The monoisotopic (exact) mass is 389 g/mol. The molecule has 0 spiro atoms. The summed E-state index contributed by atoms with van der Waals surface area (Å²) in [5.74, 6) is -0.0915. The van der Waals surface area contributed by atoms with Gasteiger partial charge < -0.3 is 10.1 Å². The van der Waals surface area contributed by atoms with E-state index in [1.54, 1.807) is 0 Å². The average molecular weight is 389 g/mol. The summed E-state index contributed by atoms with van der Waals surface area (Å²) in [5.41, 5.74) is 5.82. The molecular formula is C24H27N3O2. The maximum absolute atomic E-state index is 13.1. The molecule has 0 saturated carbocycles. The predicted octanol–water partition coefficient (Wildman–Crippen LogP) is 4.12. The first-order valence-electron chi connectivity index (χ1n) is 10.2. The number of aromatic nitrogens is 2. The highest BCUT2D eigenvalue weighted by molar-refractivity contribution is 6.00. The van der Waals surface area contributed by atoms with Crippen molar-refractivity contribution < 1.29 is 9.53 Å². The van der Waals surface area contributed by atoms with Crippen molar-refractivity contribution in [2.75, 3.05) is 13.2 Å². The molecule has 2 heterocycles. The van der Waals surface area contributed by atoms with Gasteiger partial charge in [0, 0.05) is 18.4 Å². The summed E-state index contributed by atoms with van der Waals surface area (Å²) in [5, 5.41) is 7.89. The zero-order valence-electron chi connectivity index (χ0n) is 17.0. The first kappa shape index (κ1) is 19.4. The van der Waals surface area contributed by atoms with Gasteiger partial charge >= 0.3 is 0 Å². The number of nitrogens with one attached hydrogen (secondary N) is 1. The lowest BCUT2D eigenvalue weighted by Gasteiger charge is -2.23. The summed E-state index contributed by atoms with van der Waals surface area (Å²) in [6.45, 7) is 6.10. The SMILES string of the molecule is Cc1ccc(Cn2cc(C(=O)NC3CCCOC3)c(-c3ccc(C)cc3)n2)cc1. The molecule has 2 aromatic carbocycles. The Balaban J connectivity index is 1.63. The van der Waals surface area contributed by atoms with Gasteiger partial charge in [-0.1, -0.05) is 59.7 Å². The molecule has 1 aromatic heterocycles. The third kappa shape index (κ3) is 4.74. The lowest BCUT2D eigenvalue weighted by Crippen LogP contribution is -2.40. The lowest BCUT2D eigenvalue weighted by atomic mass is 10.1. The van der Waals surface area contributed by atoms with Gasteiger partial charge in [-0.2, -0.15) is 5.10 Å². The van der Waals surface area contributed by atoms with E-state index in [0.29, 0.717) is 24.4 Å². The molecule has 29 heavy (non-hydrogen) atoms. The van der Waals surface area contributed by atoms with Crippen molar-refractivity contribution in [3.8, 4) is 11.3 Å². The highest BCUT2D eigenvalue weighted by Gasteiger charge is 2.22. The van der Waals surface area contributed by atoms with Gasteiger partial charge in [-0.15, -0.1) is 0 Å². The number of aryl methyl sites for hydroxylation is 2. The largest absolute Gasteiger partial charge is 0.379 e. The topological polar surface area (TPSA) is 56.2 Å². The lowest BCUT2D eigenvalue weighted by molar-refractivity contribution is 0.0624. The van der Waals surface area contributed by atoms with Crippen molar-refractivity contribution >= 4 is 5.91 Å². The van der Waals surface area contributed by atoms with Crippen molar-refractivity contribution in [1.82, 2.24) is 15.1 Å². The van der Waals surface area contributed by atoms with Crippen LogP contribution in [0.5, 0.6) is 0 Å². The molecule has 1 atom stereocenters. The molecule has 1 aliphatic rings. The maximum atomic E-state index is 13.1. The molecule has 150 valence electrons. The summed E-state index contributed by atoms with van der Waals surface area (Å²) < 4.78 is 7.36. The summed E-state index contributed by atoms with van der Waals surface area (Å²) in [6.07, 6.45) is 3.78. The number of nitrogens with zero attached hydrogens (tertiary/aromatic N) is 2. The Bertz CT molecular complexity index is 968. The molecule has 5 heteroatoms. The van der Waals surface area contributed by atoms with Gasteiger partial charge in [-0.05, 0) is 32.3 Å². The standard InChI is InChI=1S/C24H27N3O2/c1-17-5-9-19(10-6-17)14-27-15-22(24(28)25-21-4-3-13-29-16-21)23(26-27)20-11-7-18(2)8-12-20/h5-12,15,21H,3-4,13-14,16H2,1-2H3,(H,25,28). The van der Waals surface area contributed by atoms with Crippen LogP contribution in [0.4, 0.5) is 0 Å². The summed E-state index contributed by atoms with van der Waals surface area (Å²) >= 11 is 0. The molecule has 1 unspecified atom stereocenters. The molecule has 5 nitrogen and oxygen atoms in total. The van der Waals surface area contributed by atoms with Crippen LogP contribution in [0.15, 0.2) is 54.7 Å². The zero-order valence-corrected chi connectivity index (χ0v) is 17.0. The van der Waals surface area contributed by atoms with Gasteiger partial charge in [0.05, 0.1) is 24.8 Å². The van der Waals surface area contributed by atoms with Crippen molar-refractivity contribution in [2.45, 2.75) is 39.3 Å². The van der Waals surface area contributed by atoms with Crippen LogP contribution in [0.1, 0.15) is 39.9 Å². The molecule has 0 radical (unpaired) electrons. The second-order valence-corrected chi connectivity index (χ2v) is 7.83. The molecule has 1 amide bonds. The van der Waals surface area contributed by atoms with Crippen molar-refractivity contribution in [3.05, 3.63) is 77.0 Å². The number of benzene rings is 2. The van der Waals surface area contributed by atoms with E-state index in [2.05, 4.69) is 43.4 Å². The molecule has 1 saturated heterocycles. The maximum Gasteiger partial charge on any atom is 0.255 e. The normalized spacial score (nSPS) is 16.6. The highest BCUT2D eigenvalue weighted by atomic mass is 16.5. The minimum absolute atomic E-state index is 0.0579. The van der Waals surface area contributed by atoms with Crippen LogP contribution in [0.2, 0.25) is 0 Å². The van der Waals surface area contributed by atoms with Crippen LogP contribution in [-0.2, 0) is 11.3 Å². The van der Waals surface area contributed by atoms with Gasteiger partial charge in [0.25, 0.3) is 5.91 Å². The third-order valence-corrected chi connectivity index (χ3v) is 5.29. The van der Waals surface area contributed by atoms with E-state index in [1.807, 2.05) is 35.1 Å². The molecule has 0 aliphatic carbocycles. The highest BCUT2D eigenvalue weighted by Crippen LogP contribution is 2.24. The Morgan fingerprint density at radius 2 is 1.79 bits per heavy atom. The molecule has 1 fully saturated rings. The summed E-state index contributed by atoms with van der Waals surface area (Å²) in [4.78, 5) is 13.1. The number of rotatable bonds is 5. The molecule has 0 bridgehead atoms. The van der Waals surface area contributed by atoms with Crippen LogP contribution < -0.4 is 5.32 Å². The fourth-order valence-electron chi connectivity index (χ4n) is 3.59. The van der Waals surface area contributed by atoms with E-state index in [-0.39, 0.29) is 11.9 Å². The zero-order chi connectivity index (χ0) is 20.2. The van der Waals surface area contributed by atoms with E-state index in [1.165, 1.54) is 11.1 Å². The Morgan fingerprint density at radius 3 is 2.45 bits per heavy atom. The molecule has 4 rings (SSSR count). The molecule has 1 N–H and O–H groups in total. The van der Waals surface area contributed by atoms with Gasteiger partial charge in [0.1, 0.15) is 5.69 Å². The number of hydrogen-bond acceptors (Lipinski definition) is 3. The van der Waals surface area contributed by atoms with Crippen molar-refractivity contribution in [1.29, 1.82) is 0 Å². The van der Waals surface area contributed by atoms with Gasteiger partial charge in [-0.3, -0.25) is 9.48 Å². The van der Waals surface area contributed by atoms with Crippen LogP contribution >= 0.6 is 0 Å². The van der Waals surface area contributed by atoms with Crippen molar-refractivity contribution in [3.63, 3.8) is 0 Å². The third-order valence-electron chi connectivity index (χ3n) is 5.29. The summed E-state index contributed by atoms with van der Waals surface area (Å²) in [6, 6.07) is 16.6. The Kier molecular flexibility index (Phi) is 5.76. The number of amides is 1. The van der Waals surface area contributed by atoms with E-state index >= 15 is 0 Å². The van der Waals surface area contributed by atoms with Crippen LogP contribution in [0, 0.1) is 13.8 Å². The van der Waals surface area contributed by atoms with Crippen LogP contribution in [-0.4, -0.2) is 34.9 Å². The Labute approximate surface area is 171 Å². The molecule has 1 aliphatic heterocycles. The second kappa shape index (κ2) is 8.62. The fourth-order valence-corrected chi connectivity index (χ4v) is 3.59. The minimum atomic E-state index is -0.0915. The average Bonchev–Trinajstić information content (AvgIpc) is 3.15. The number of carbonyl (C=O) groups excluding carboxylic acids is 1. The van der Waals surface area contributed by atoms with Gasteiger partial charge in [0.15, 0.2) is 0 Å². The Hall–Kier alpha value is -2.92. The number of ether oxygens (including phenoxy) is 1. The van der Waals surface area contributed by atoms with E-state index in [9.17, 15) is 4.79 Å². The smallest absolute Gasteiger partial charge is 0.255 e. The number of carbonyl (C=O) groups is 1. The Morgan fingerprint density at radius 1 is 1.10 bits per heavy atom. The fraction of sp³-hybridized carbons (Fsp3) is 0.333. The number of hydrogen-bond donors (Lipinski definition) is 1. The first-order valence-corrected chi connectivity index (χ1v) is 10.2. The van der Waals surface area contributed by atoms with Crippen LogP contribution in [0.3, 0.4) is 0 Å². The predicted molar refractivity (Wildman–Crippen MR) is 114 cm³/mol. The van der Waals surface area contributed by atoms with E-state index < -0.39 is 0 Å². The molecule has 3 aromatic rings. The van der Waals surface area contributed by atoms with E-state index in [4.69, 9.17) is 9.84 Å². The quantitative estimate of drug-likeness (QED) is 0.714. The van der Waals surface area contributed by atoms with E-state index in [0.717, 1.165) is 30.6 Å². The second-order valence-electron chi connectivity index (χ2n) is 7.83. The van der Waals surface area contributed by atoms with Gasteiger partial charge in [-0.25, -0.2) is 0 Å². The summed E-state index contributed by atoms with van der Waals surface area (Å²) in [7, 11) is 0. The van der Waals surface area contributed by atoms with Crippen LogP contribution in [0.25, 0.3) is 11.3 Å². The van der Waals surface area contributed by atoms with Crippen molar-refractivity contribution in [2.24, 2.45) is 0 Å². The minimum Gasteiger partial charge on any atom is -0.379 e. The molecular weight excluding hydrogens is 362 g/mol. The van der Waals surface area contributed by atoms with Gasteiger partial charge in [0.2, 0.25) is 0 Å². The first-order chi connectivity index (χ1) is 14.1.